The van der Waals surface area contributed by atoms with Crippen LogP contribution in [0.3, 0.4) is 0 Å². The van der Waals surface area contributed by atoms with Crippen LogP contribution in [-0.4, -0.2) is 23.3 Å². The molecule has 0 atom stereocenters. The minimum absolute atomic E-state index is 0.216. The molecule has 0 spiro atoms. The number of carbonyl (C=O) groups excluding carboxylic acids is 2. The number of anilines is 1. The molecule has 0 bridgehead atoms. The first kappa shape index (κ1) is 16.7. The average molecular weight is 311 g/mol. The normalized spacial score (nSPS) is 10.2. The van der Waals surface area contributed by atoms with E-state index in [1.165, 1.54) is 5.56 Å². The number of aryl methyl sites for hydroxylation is 1. The van der Waals surface area contributed by atoms with Gasteiger partial charge in [0.1, 0.15) is 11.4 Å². The highest BCUT2D eigenvalue weighted by Crippen LogP contribution is 2.11. The van der Waals surface area contributed by atoms with Crippen LogP contribution in [0, 0.1) is 0 Å². The molecular weight excluding hydrogens is 290 g/mol. The molecule has 23 heavy (non-hydrogen) atoms. The Kier molecular flexibility index (Phi) is 5.86. The van der Waals surface area contributed by atoms with Crippen LogP contribution in [0.15, 0.2) is 42.5 Å². The lowest BCUT2D eigenvalue weighted by Crippen LogP contribution is -2.26. The van der Waals surface area contributed by atoms with E-state index in [0.717, 1.165) is 12.8 Å². The van der Waals surface area contributed by atoms with Crippen molar-refractivity contribution in [3.05, 3.63) is 59.4 Å². The molecule has 0 unspecified atom stereocenters. The minimum atomic E-state index is -0.334. The van der Waals surface area contributed by atoms with Gasteiger partial charge in [0.25, 0.3) is 11.8 Å². The predicted molar refractivity (Wildman–Crippen MR) is 90.6 cm³/mol. The standard InChI is InChI=1S/C18H21N3O2/c1-3-12-19-17(22)15-6-5-7-16(21-15)18(23)20-14-10-8-13(4-2)9-11-14/h5-11H,3-4,12H2,1-2H3,(H,19,22)(H,20,23). The molecule has 0 fully saturated rings. The number of hydrogen-bond acceptors (Lipinski definition) is 3. The summed E-state index contributed by atoms with van der Waals surface area (Å²) in [6, 6.07) is 12.5. The number of rotatable bonds is 6. The number of carbonyl (C=O) groups is 2. The van der Waals surface area contributed by atoms with Crippen LogP contribution < -0.4 is 10.6 Å². The van der Waals surface area contributed by atoms with Crippen molar-refractivity contribution in [1.29, 1.82) is 0 Å². The lowest BCUT2D eigenvalue weighted by molar-refractivity contribution is 0.0948. The maximum atomic E-state index is 12.3. The van der Waals surface area contributed by atoms with Gasteiger partial charge in [-0.05, 0) is 42.7 Å². The van der Waals surface area contributed by atoms with Crippen molar-refractivity contribution >= 4 is 17.5 Å². The van der Waals surface area contributed by atoms with E-state index in [1.54, 1.807) is 18.2 Å². The Labute approximate surface area is 136 Å². The summed E-state index contributed by atoms with van der Waals surface area (Å²) in [4.78, 5) is 28.3. The van der Waals surface area contributed by atoms with Crippen LogP contribution in [0.2, 0.25) is 0 Å². The highest BCUT2D eigenvalue weighted by Gasteiger charge is 2.12. The van der Waals surface area contributed by atoms with E-state index >= 15 is 0 Å². The quantitative estimate of drug-likeness (QED) is 0.861. The predicted octanol–water partition coefficient (Wildman–Crippen LogP) is 3.04. The van der Waals surface area contributed by atoms with Gasteiger partial charge in [0.2, 0.25) is 0 Å². The fourth-order valence-corrected chi connectivity index (χ4v) is 2.04. The van der Waals surface area contributed by atoms with Crippen LogP contribution in [0.1, 0.15) is 46.8 Å². The summed E-state index contributed by atoms with van der Waals surface area (Å²) in [5.74, 6) is -0.604. The molecule has 2 rings (SSSR count). The molecule has 0 radical (unpaired) electrons. The number of nitrogens with one attached hydrogen (secondary N) is 2. The smallest absolute Gasteiger partial charge is 0.274 e. The largest absolute Gasteiger partial charge is 0.351 e. The summed E-state index contributed by atoms with van der Waals surface area (Å²) in [6.07, 6.45) is 1.80. The summed E-state index contributed by atoms with van der Waals surface area (Å²) in [7, 11) is 0. The van der Waals surface area contributed by atoms with E-state index in [-0.39, 0.29) is 23.2 Å². The molecule has 0 aliphatic carbocycles. The molecule has 120 valence electrons. The van der Waals surface area contributed by atoms with Crippen molar-refractivity contribution < 1.29 is 9.59 Å². The highest BCUT2D eigenvalue weighted by molar-refractivity contribution is 6.03. The molecule has 2 aromatic rings. The van der Waals surface area contributed by atoms with Crippen LogP contribution in [0.25, 0.3) is 0 Å². The zero-order valence-electron chi connectivity index (χ0n) is 13.4. The second kappa shape index (κ2) is 8.08. The van der Waals surface area contributed by atoms with E-state index in [9.17, 15) is 9.59 Å². The first-order valence-electron chi connectivity index (χ1n) is 7.79. The van der Waals surface area contributed by atoms with Crippen LogP contribution >= 0.6 is 0 Å². The molecule has 0 saturated heterocycles. The lowest BCUT2D eigenvalue weighted by Gasteiger charge is -2.07. The molecule has 1 aromatic heterocycles. The van der Waals surface area contributed by atoms with Crippen molar-refractivity contribution in [2.75, 3.05) is 11.9 Å². The summed E-state index contributed by atoms with van der Waals surface area (Å²) >= 11 is 0. The summed E-state index contributed by atoms with van der Waals surface area (Å²) < 4.78 is 0. The molecule has 2 amide bonds. The highest BCUT2D eigenvalue weighted by atomic mass is 16.2. The van der Waals surface area contributed by atoms with E-state index in [1.807, 2.05) is 31.2 Å². The average Bonchev–Trinajstić information content (AvgIpc) is 2.60. The molecule has 5 nitrogen and oxygen atoms in total. The number of aromatic nitrogens is 1. The van der Waals surface area contributed by atoms with Gasteiger partial charge in [-0.2, -0.15) is 0 Å². The molecular formula is C18H21N3O2. The second-order valence-electron chi connectivity index (χ2n) is 5.17. The number of hydrogen-bond donors (Lipinski definition) is 2. The molecule has 5 heteroatoms. The Morgan fingerprint density at radius 1 is 0.957 bits per heavy atom. The Morgan fingerprint density at radius 2 is 1.61 bits per heavy atom. The fourth-order valence-electron chi connectivity index (χ4n) is 2.04. The Morgan fingerprint density at radius 3 is 2.22 bits per heavy atom. The van der Waals surface area contributed by atoms with Gasteiger partial charge in [0.15, 0.2) is 0 Å². The third kappa shape index (κ3) is 4.64. The third-order valence-electron chi connectivity index (χ3n) is 3.37. The first-order chi connectivity index (χ1) is 11.1. The fraction of sp³-hybridized carbons (Fsp3) is 0.278. The topological polar surface area (TPSA) is 71.1 Å². The zero-order valence-corrected chi connectivity index (χ0v) is 13.4. The lowest BCUT2D eigenvalue weighted by atomic mass is 10.1. The Hall–Kier alpha value is -2.69. The molecule has 1 heterocycles. The van der Waals surface area contributed by atoms with Crippen molar-refractivity contribution in [3.8, 4) is 0 Å². The van der Waals surface area contributed by atoms with Crippen LogP contribution in [0.4, 0.5) is 5.69 Å². The van der Waals surface area contributed by atoms with E-state index in [0.29, 0.717) is 12.2 Å². The van der Waals surface area contributed by atoms with Gasteiger partial charge in [0, 0.05) is 12.2 Å². The van der Waals surface area contributed by atoms with Crippen LogP contribution in [0.5, 0.6) is 0 Å². The minimum Gasteiger partial charge on any atom is -0.351 e. The van der Waals surface area contributed by atoms with E-state index < -0.39 is 0 Å². The second-order valence-corrected chi connectivity index (χ2v) is 5.17. The molecule has 2 N–H and O–H groups in total. The van der Waals surface area contributed by atoms with Gasteiger partial charge < -0.3 is 10.6 Å². The Bertz CT molecular complexity index is 681. The molecule has 0 saturated carbocycles. The van der Waals surface area contributed by atoms with Gasteiger partial charge in [-0.25, -0.2) is 4.98 Å². The molecule has 0 aliphatic rings. The van der Waals surface area contributed by atoms with Crippen molar-refractivity contribution in [2.24, 2.45) is 0 Å². The SMILES string of the molecule is CCCNC(=O)c1cccc(C(=O)Nc2ccc(CC)cc2)n1. The van der Waals surface area contributed by atoms with Crippen molar-refractivity contribution in [1.82, 2.24) is 10.3 Å². The van der Waals surface area contributed by atoms with Crippen molar-refractivity contribution in [2.45, 2.75) is 26.7 Å². The van der Waals surface area contributed by atoms with Crippen molar-refractivity contribution in [3.63, 3.8) is 0 Å². The van der Waals surface area contributed by atoms with Gasteiger partial charge >= 0.3 is 0 Å². The number of pyridine rings is 1. The van der Waals surface area contributed by atoms with Gasteiger partial charge in [0.05, 0.1) is 0 Å². The number of benzene rings is 1. The summed E-state index contributed by atoms with van der Waals surface area (Å²) in [5.41, 5.74) is 2.37. The monoisotopic (exact) mass is 311 g/mol. The summed E-state index contributed by atoms with van der Waals surface area (Å²) in [5, 5.41) is 5.53. The van der Waals surface area contributed by atoms with Gasteiger partial charge in [-0.15, -0.1) is 0 Å². The van der Waals surface area contributed by atoms with E-state index in [4.69, 9.17) is 0 Å². The summed E-state index contributed by atoms with van der Waals surface area (Å²) in [6.45, 7) is 4.63. The van der Waals surface area contributed by atoms with E-state index in [2.05, 4.69) is 22.5 Å². The Balaban J connectivity index is 2.08. The molecule has 1 aromatic carbocycles. The zero-order chi connectivity index (χ0) is 16.7. The van der Waals surface area contributed by atoms with Crippen LogP contribution in [-0.2, 0) is 6.42 Å². The van der Waals surface area contributed by atoms with Gasteiger partial charge in [-0.3, -0.25) is 9.59 Å². The van der Waals surface area contributed by atoms with Gasteiger partial charge in [-0.1, -0.05) is 32.0 Å². The number of amides is 2. The third-order valence-corrected chi connectivity index (χ3v) is 3.37. The maximum absolute atomic E-state index is 12.3. The maximum Gasteiger partial charge on any atom is 0.274 e. The number of nitrogens with zero attached hydrogens (tertiary/aromatic N) is 1. The molecule has 0 aliphatic heterocycles. The first-order valence-corrected chi connectivity index (χ1v) is 7.79.